The first-order chi connectivity index (χ1) is 9.08. The molecule has 0 radical (unpaired) electrons. The van der Waals surface area contributed by atoms with Crippen molar-refractivity contribution < 1.29 is 13.9 Å². The van der Waals surface area contributed by atoms with Crippen LogP contribution < -0.4 is 0 Å². The molecule has 0 spiro atoms. The second-order valence-electron chi connectivity index (χ2n) is 4.29. The van der Waals surface area contributed by atoms with Crippen molar-refractivity contribution >= 4 is 11.6 Å². The summed E-state index contributed by atoms with van der Waals surface area (Å²) in [6.07, 6.45) is 0.212. The maximum absolute atomic E-state index is 13.3. The van der Waals surface area contributed by atoms with Crippen LogP contribution in [-0.2, 0) is 5.60 Å². The van der Waals surface area contributed by atoms with Crippen molar-refractivity contribution in [1.29, 1.82) is 0 Å². The van der Waals surface area contributed by atoms with E-state index >= 15 is 0 Å². The summed E-state index contributed by atoms with van der Waals surface area (Å²) in [4.78, 5) is 0. The smallest absolute Gasteiger partial charge is 0.159 e. The Morgan fingerprint density at radius 2 is 1.63 bits per heavy atom. The van der Waals surface area contributed by atoms with E-state index in [1.54, 1.807) is 24.3 Å². The summed E-state index contributed by atoms with van der Waals surface area (Å²) < 4.78 is 26.3. The third-order valence-corrected chi connectivity index (χ3v) is 3.29. The monoisotopic (exact) mass is 282 g/mol. The number of benzene rings is 2. The summed E-state index contributed by atoms with van der Waals surface area (Å²) in [5, 5.41) is 10.8. The highest BCUT2D eigenvalue weighted by Gasteiger charge is 2.31. The van der Waals surface area contributed by atoms with E-state index in [9.17, 15) is 13.9 Å². The van der Waals surface area contributed by atoms with Crippen LogP contribution in [-0.4, -0.2) is 11.0 Å². The van der Waals surface area contributed by atoms with E-state index in [2.05, 4.69) is 0 Å². The summed E-state index contributed by atoms with van der Waals surface area (Å²) in [5.41, 5.74) is -0.530. The number of rotatable bonds is 4. The zero-order valence-corrected chi connectivity index (χ0v) is 10.9. The van der Waals surface area contributed by atoms with Crippen LogP contribution in [0.1, 0.15) is 17.5 Å². The molecule has 100 valence electrons. The molecule has 0 aromatic heterocycles. The van der Waals surface area contributed by atoms with Gasteiger partial charge in [0.25, 0.3) is 0 Å². The quantitative estimate of drug-likeness (QED) is 0.845. The Kier molecular flexibility index (Phi) is 4.17. The second kappa shape index (κ2) is 5.68. The van der Waals surface area contributed by atoms with Crippen molar-refractivity contribution in [2.24, 2.45) is 0 Å². The maximum atomic E-state index is 13.3. The number of hydrogen-bond acceptors (Lipinski definition) is 1. The molecule has 1 N–H and O–H groups in total. The van der Waals surface area contributed by atoms with Crippen LogP contribution in [0.15, 0.2) is 48.5 Å². The normalized spacial score (nSPS) is 14.1. The van der Waals surface area contributed by atoms with Crippen molar-refractivity contribution in [2.45, 2.75) is 12.0 Å². The Balaban J connectivity index is 2.52. The SMILES string of the molecule is OC(CCCl)(c1ccccc1)c1ccc(F)c(F)c1. The summed E-state index contributed by atoms with van der Waals surface area (Å²) in [7, 11) is 0. The van der Waals surface area contributed by atoms with Crippen molar-refractivity contribution in [3.63, 3.8) is 0 Å². The van der Waals surface area contributed by atoms with Crippen LogP contribution in [0.4, 0.5) is 8.78 Å². The van der Waals surface area contributed by atoms with Crippen LogP contribution in [0.2, 0.25) is 0 Å². The molecule has 0 aliphatic carbocycles. The predicted molar refractivity (Wildman–Crippen MR) is 71.1 cm³/mol. The third kappa shape index (κ3) is 2.77. The van der Waals surface area contributed by atoms with Crippen LogP contribution in [0.25, 0.3) is 0 Å². The highest BCUT2D eigenvalue weighted by Crippen LogP contribution is 2.33. The molecular formula is C15H13ClF2O. The van der Waals surface area contributed by atoms with Gasteiger partial charge in [-0.05, 0) is 29.7 Å². The average Bonchev–Trinajstić information content (AvgIpc) is 2.43. The lowest BCUT2D eigenvalue weighted by Gasteiger charge is -2.28. The molecule has 0 heterocycles. The van der Waals surface area contributed by atoms with Gasteiger partial charge >= 0.3 is 0 Å². The van der Waals surface area contributed by atoms with E-state index in [0.717, 1.165) is 12.1 Å². The van der Waals surface area contributed by atoms with E-state index in [0.29, 0.717) is 11.1 Å². The van der Waals surface area contributed by atoms with Gasteiger partial charge in [-0.1, -0.05) is 36.4 Å². The fraction of sp³-hybridized carbons (Fsp3) is 0.200. The van der Waals surface area contributed by atoms with Crippen molar-refractivity contribution in [1.82, 2.24) is 0 Å². The molecular weight excluding hydrogens is 270 g/mol. The molecule has 0 fully saturated rings. The Morgan fingerprint density at radius 1 is 0.947 bits per heavy atom. The van der Waals surface area contributed by atoms with E-state index in [-0.39, 0.29) is 12.3 Å². The minimum Gasteiger partial charge on any atom is -0.380 e. The molecule has 2 rings (SSSR count). The molecule has 0 aliphatic heterocycles. The summed E-state index contributed by atoms with van der Waals surface area (Å²) in [5.74, 6) is -1.73. The molecule has 1 unspecified atom stereocenters. The highest BCUT2D eigenvalue weighted by molar-refractivity contribution is 6.17. The lowest BCUT2D eigenvalue weighted by atomic mass is 9.84. The van der Waals surface area contributed by atoms with Gasteiger partial charge in [0.1, 0.15) is 5.60 Å². The second-order valence-corrected chi connectivity index (χ2v) is 4.67. The lowest BCUT2D eigenvalue weighted by Crippen LogP contribution is -2.28. The Bertz CT molecular complexity index is 559. The van der Waals surface area contributed by atoms with E-state index in [1.165, 1.54) is 6.07 Å². The molecule has 2 aromatic rings. The van der Waals surface area contributed by atoms with Crippen LogP contribution in [0.5, 0.6) is 0 Å². The van der Waals surface area contributed by atoms with Gasteiger partial charge in [-0.3, -0.25) is 0 Å². The van der Waals surface area contributed by atoms with Gasteiger partial charge in [0.05, 0.1) is 0 Å². The summed E-state index contributed by atoms with van der Waals surface area (Å²) >= 11 is 5.73. The third-order valence-electron chi connectivity index (χ3n) is 3.10. The van der Waals surface area contributed by atoms with E-state index < -0.39 is 17.2 Å². The molecule has 19 heavy (non-hydrogen) atoms. The topological polar surface area (TPSA) is 20.2 Å². The first-order valence-corrected chi connectivity index (χ1v) is 6.41. The fourth-order valence-electron chi connectivity index (χ4n) is 2.06. The first kappa shape index (κ1) is 14.0. The standard InChI is InChI=1S/C15H13ClF2O/c16-9-8-15(19,11-4-2-1-3-5-11)12-6-7-13(17)14(18)10-12/h1-7,10,19H,8-9H2. The molecule has 2 aromatic carbocycles. The summed E-state index contributed by atoms with van der Waals surface area (Å²) in [6.45, 7) is 0. The molecule has 0 aliphatic rings. The van der Waals surface area contributed by atoms with Gasteiger partial charge in [0.2, 0.25) is 0 Å². The lowest BCUT2D eigenvalue weighted by molar-refractivity contribution is 0.0770. The maximum Gasteiger partial charge on any atom is 0.159 e. The van der Waals surface area contributed by atoms with Gasteiger partial charge in [-0.15, -0.1) is 11.6 Å². The molecule has 0 saturated heterocycles. The predicted octanol–water partition coefficient (Wildman–Crippen LogP) is 3.83. The van der Waals surface area contributed by atoms with Crippen LogP contribution >= 0.6 is 11.6 Å². The van der Waals surface area contributed by atoms with Gasteiger partial charge in [0.15, 0.2) is 11.6 Å². The summed E-state index contributed by atoms with van der Waals surface area (Å²) in [6, 6.07) is 12.2. The van der Waals surface area contributed by atoms with Crippen molar-refractivity contribution in [3.05, 3.63) is 71.3 Å². The van der Waals surface area contributed by atoms with Crippen LogP contribution in [0.3, 0.4) is 0 Å². The van der Waals surface area contributed by atoms with Crippen LogP contribution in [0, 0.1) is 11.6 Å². The van der Waals surface area contributed by atoms with Crippen molar-refractivity contribution in [3.8, 4) is 0 Å². The molecule has 0 amide bonds. The molecule has 0 bridgehead atoms. The van der Waals surface area contributed by atoms with Crippen molar-refractivity contribution in [2.75, 3.05) is 5.88 Å². The number of aliphatic hydroxyl groups is 1. The van der Waals surface area contributed by atoms with E-state index in [4.69, 9.17) is 11.6 Å². The van der Waals surface area contributed by atoms with Gasteiger partial charge in [-0.25, -0.2) is 8.78 Å². The Labute approximate surface area is 115 Å². The fourth-order valence-corrected chi connectivity index (χ4v) is 2.33. The van der Waals surface area contributed by atoms with Gasteiger partial charge in [0, 0.05) is 5.88 Å². The van der Waals surface area contributed by atoms with Gasteiger partial charge < -0.3 is 5.11 Å². The number of halogens is 3. The largest absolute Gasteiger partial charge is 0.380 e. The minimum atomic E-state index is -1.42. The Hall–Kier alpha value is -1.45. The zero-order chi connectivity index (χ0) is 13.9. The molecule has 0 saturated carbocycles. The minimum absolute atomic E-state index is 0.199. The molecule has 4 heteroatoms. The molecule has 1 atom stereocenters. The van der Waals surface area contributed by atoms with E-state index in [1.807, 2.05) is 6.07 Å². The highest BCUT2D eigenvalue weighted by atomic mass is 35.5. The first-order valence-electron chi connectivity index (χ1n) is 5.87. The Morgan fingerprint density at radius 3 is 2.21 bits per heavy atom. The molecule has 1 nitrogen and oxygen atoms in total. The number of hydrogen-bond donors (Lipinski definition) is 1. The number of alkyl halides is 1. The average molecular weight is 283 g/mol. The van der Waals surface area contributed by atoms with Gasteiger partial charge in [-0.2, -0.15) is 0 Å². The zero-order valence-electron chi connectivity index (χ0n) is 10.1.